The molecule has 128 valence electrons. The van der Waals surface area contributed by atoms with Crippen molar-refractivity contribution in [3.8, 4) is 17.6 Å². The van der Waals surface area contributed by atoms with E-state index in [0.29, 0.717) is 21.5 Å². The lowest BCUT2D eigenvalue weighted by atomic mass is 10.1. The molecule has 25 heavy (non-hydrogen) atoms. The van der Waals surface area contributed by atoms with Gasteiger partial charge in [-0.25, -0.2) is 4.39 Å². The van der Waals surface area contributed by atoms with Crippen LogP contribution in [0.3, 0.4) is 0 Å². The first-order valence-electron chi connectivity index (χ1n) is 7.11. The van der Waals surface area contributed by atoms with Gasteiger partial charge < -0.3 is 15.2 Å². The highest BCUT2D eigenvalue weighted by Gasteiger charge is 2.12. The number of nitrogens with zero attached hydrogens (tertiary/aromatic N) is 1. The summed E-state index contributed by atoms with van der Waals surface area (Å²) in [6.45, 7) is 0.251. The van der Waals surface area contributed by atoms with Crippen LogP contribution in [0.5, 0.6) is 11.5 Å². The number of benzene rings is 2. The second-order valence-corrected chi connectivity index (χ2v) is 6.28. The third kappa shape index (κ3) is 5.02. The highest BCUT2D eigenvalue weighted by molar-refractivity contribution is 9.10. The Labute approximate surface area is 158 Å². The summed E-state index contributed by atoms with van der Waals surface area (Å²) in [5.41, 5.74) is 7.20. The number of thiocarbonyl (C=S) groups is 1. The molecule has 2 rings (SSSR count). The molecular formula is C18H14BrFN2O2S. The molecule has 0 spiro atoms. The molecule has 0 saturated carbocycles. The van der Waals surface area contributed by atoms with E-state index in [9.17, 15) is 4.39 Å². The van der Waals surface area contributed by atoms with Crippen LogP contribution in [-0.4, -0.2) is 12.1 Å². The lowest BCUT2D eigenvalue weighted by Crippen LogP contribution is -2.09. The zero-order valence-corrected chi connectivity index (χ0v) is 15.7. The van der Waals surface area contributed by atoms with Crippen molar-refractivity contribution in [2.24, 2.45) is 5.73 Å². The lowest BCUT2D eigenvalue weighted by molar-refractivity contribution is 0.282. The maximum absolute atomic E-state index is 13.0. The monoisotopic (exact) mass is 420 g/mol. The van der Waals surface area contributed by atoms with Gasteiger partial charge in [0.25, 0.3) is 0 Å². The van der Waals surface area contributed by atoms with Crippen LogP contribution >= 0.6 is 28.1 Å². The average molecular weight is 421 g/mol. The molecule has 2 N–H and O–H groups in total. The number of rotatable bonds is 6. The molecule has 0 aliphatic carbocycles. The number of nitriles is 1. The van der Waals surface area contributed by atoms with Crippen molar-refractivity contribution in [3.05, 3.63) is 63.4 Å². The molecule has 0 aromatic heterocycles. The predicted molar refractivity (Wildman–Crippen MR) is 102 cm³/mol. The van der Waals surface area contributed by atoms with Crippen LogP contribution in [0.1, 0.15) is 11.1 Å². The summed E-state index contributed by atoms with van der Waals surface area (Å²) in [5.74, 6) is 0.672. The molecule has 0 atom stereocenters. The normalized spacial score (nSPS) is 10.9. The summed E-state index contributed by atoms with van der Waals surface area (Å²) in [7, 11) is 1.51. The van der Waals surface area contributed by atoms with Crippen molar-refractivity contribution in [3.63, 3.8) is 0 Å². The van der Waals surface area contributed by atoms with Gasteiger partial charge in [-0.15, -0.1) is 0 Å². The Morgan fingerprint density at radius 2 is 2.04 bits per heavy atom. The standard InChI is InChI=1S/C18H14BrFN2O2S/c1-23-16-8-12(6-13(9-21)18(22)25)7-15(19)17(16)24-10-11-2-4-14(20)5-3-11/h2-8H,10H2,1H3,(H2,22,25)/b13-6+. The Kier molecular flexibility index (Phi) is 6.51. The fourth-order valence-electron chi connectivity index (χ4n) is 2.02. The topological polar surface area (TPSA) is 68.3 Å². The SMILES string of the molecule is COc1cc(/C=C(\C#N)C(N)=S)cc(Br)c1OCc1ccc(F)cc1. The minimum absolute atomic E-state index is 0.0224. The van der Waals surface area contributed by atoms with Crippen molar-refractivity contribution >= 4 is 39.2 Å². The largest absolute Gasteiger partial charge is 0.493 e. The Balaban J connectivity index is 2.29. The van der Waals surface area contributed by atoms with Crippen molar-refractivity contribution < 1.29 is 13.9 Å². The first-order chi connectivity index (χ1) is 11.9. The summed E-state index contributed by atoms with van der Waals surface area (Å²) in [4.78, 5) is 0.0224. The Hall–Kier alpha value is -2.43. The van der Waals surface area contributed by atoms with E-state index in [4.69, 9.17) is 32.7 Å². The van der Waals surface area contributed by atoms with Crippen LogP contribution in [0.4, 0.5) is 4.39 Å². The average Bonchev–Trinajstić information content (AvgIpc) is 2.59. The van der Waals surface area contributed by atoms with Crippen LogP contribution in [-0.2, 0) is 6.61 Å². The Morgan fingerprint density at radius 1 is 1.36 bits per heavy atom. The third-order valence-electron chi connectivity index (χ3n) is 3.25. The van der Waals surface area contributed by atoms with Gasteiger partial charge in [0.15, 0.2) is 11.5 Å². The molecule has 0 heterocycles. The smallest absolute Gasteiger partial charge is 0.175 e. The number of halogens is 2. The fraction of sp³-hybridized carbons (Fsp3) is 0.111. The van der Waals surface area contributed by atoms with Crippen molar-refractivity contribution in [2.45, 2.75) is 6.61 Å². The van der Waals surface area contributed by atoms with E-state index in [1.165, 1.54) is 19.2 Å². The minimum Gasteiger partial charge on any atom is -0.493 e. The second kappa shape index (κ2) is 8.60. The number of ether oxygens (including phenoxy) is 2. The number of hydrogen-bond donors (Lipinski definition) is 1. The van der Waals surface area contributed by atoms with E-state index in [0.717, 1.165) is 5.56 Å². The fourth-order valence-corrected chi connectivity index (χ4v) is 2.70. The molecule has 4 nitrogen and oxygen atoms in total. The Morgan fingerprint density at radius 3 is 2.60 bits per heavy atom. The van der Waals surface area contributed by atoms with Crippen LogP contribution in [0.25, 0.3) is 6.08 Å². The third-order valence-corrected chi connectivity index (χ3v) is 4.05. The molecule has 0 aliphatic heterocycles. The van der Waals surface area contributed by atoms with E-state index in [-0.39, 0.29) is 23.0 Å². The molecule has 0 saturated heterocycles. The Bertz CT molecular complexity index is 861. The number of hydrogen-bond acceptors (Lipinski definition) is 4. The molecule has 2 aromatic carbocycles. The van der Waals surface area contributed by atoms with E-state index in [1.807, 2.05) is 6.07 Å². The molecule has 0 unspecified atom stereocenters. The van der Waals surface area contributed by atoms with Gasteiger partial charge >= 0.3 is 0 Å². The van der Waals surface area contributed by atoms with Gasteiger partial charge in [-0.05, 0) is 57.4 Å². The van der Waals surface area contributed by atoms with Crippen LogP contribution in [0.2, 0.25) is 0 Å². The molecule has 0 amide bonds. The molecule has 0 bridgehead atoms. The highest BCUT2D eigenvalue weighted by atomic mass is 79.9. The van der Waals surface area contributed by atoms with Crippen LogP contribution in [0, 0.1) is 17.1 Å². The molecular weight excluding hydrogens is 407 g/mol. The predicted octanol–water partition coefficient (Wildman–Crippen LogP) is 4.37. The summed E-state index contributed by atoms with van der Waals surface area (Å²) < 4.78 is 24.7. The first kappa shape index (κ1) is 18.9. The van der Waals surface area contributed by atoms with Crippen LogP contribution < -0.4 is 15.2 Å². The van der Waals surface area contributed by atoms with E-state index >= 15 is 0 Å². The maximum atomic E-state index is 13.0. The van der Waals surface area contributed by atoms with Gasteiger partial charge in [0.2, 0.25) is 0 Å². The lowest BCUT2D eigenvalue weighted by Gasteiger charge is -2.14. The van der Waals surface area contributed by atoms with Gasteiger partial charge in [0.05, 0.1) is 17.2 Å². The molecule has 2 aromatic rings. The number of nitrogens with two attached hydrogens (primary N) is 1. The van der Waals surface area contributed by atoms with Crippen molar-refractivity contribution in [1.82, 2.24) is 0 Å². The second-order valence-electron chi connectivity index (χ2n) is 4.98. The molecule has 0 fully saturated rings. The van der Waals surface area contributed by atoms with E-state index in [1.54, 1.807) is 30.3 Å². The van der Waals surface area contributed by atoms with Gasteiger partial charge in [-0.1, -0.05) is 24.4 Å². The maximum Gasteiger partial charge on any atom is 0.175 e. The van der Waals surface area contributed by atoms with Gasteiger partial charge in [0, 0.05) is 0 Å². The summed E-state index contributed by atoms with van der Waals surface area (Å²) >= 11 is 8.26. The summed E-state index contributed by atoms with van der Waals surface area (Å²) in [5, 5.41) is 9.06. The van der Waals surface area contributed by atoms with Crippen LogP contribution in [0.15, 0.2) is 46.4 Å². The molecule has 0 radical (unpaired) electrons. The van der Waals surface area contributed by atoms with Gasteiger partial charge in [-0.2, -0.15) is 5.26 Å². The van der Waals surface area contributed by atoms with Gasteiger partial charge in [0.1, 0.15) is 23.5 Å². The zero-order valence-electron chi connectivity index (χ0n) is 13.3. The first-order valence-corrected chi connectivity index (χ1v) is 8.31. The number of methoxy groups -OCH3 is 1. The highest BCUT2D eigenvalue weighted by Crippen LogP contribution is 2.37. The van der Waals surface area contributed by atoms with Gasteiger partial charge in [-0.3, -0.25) is 0 Å². The molecule has 7 heteroatoms. The zero-order chi connectivity index (χ0) is 18.4. The van der Waals surface area contributed by atoms with E-state index in [2.05, 4.69) is 15.9 Å². The molecule has 0 aliphatic rings. The quantitative estimate of drug-likeness (QED) is 0.426. The minimum atomic E-state index is -0.301. The van der Waals surface area contributed by atoms with Crippen molar-refractivity contribution in [2.75, 3.05) is 7.11 Å². The van der Waals surface area contributed by atoms with Crippen molar-refractivity contribution in [1.29, 1.82) is 5.26 Å². The summed E-state index contributed by atoms with van der Waals surface area (Å²) in [6.07, 6.45) is 1.57. The van der Waals surface area contributed by atoms with E-state index < -0.39 is 0 Å². The summed E-state index contributed by atoms with van der Waals surface area (Å²) in [6, 6.07) is 11.5.